The minimum Gasteiger partial charge on any atom is -0.340 e. The average Bonchev–Trinajstić information content (AvgIpc) is 2.43. The molecule has 0 radical (unpaired) electrons. The van der Waals surface area contributed by atoms with Crippen LogP contribution in [0.2, 0.25) is 0 Å². The zero-order valence-corrected chi connectivity index (χ0v) is 8.25. The van der Waals surface area contributed by atoms with E-state index in [1.807, 2.05) is 6.20 Å². The Labute approximate surface area is 82.6 Å². The van der Waals surface area contributed by atoms with Gasteiger partial charge in [0, 0.05) is 12.1 Å². The lowest BCUT2D eigenvalue weighted by Crippen LogP contribution is -2.10. The first kappa shape index (κ1) is 7.97. The topological polar surface area (TPSA) is 41.6 Å². The molecule has 0 bridgehead atoms. The van der Waals surface area contributed by atoms with Crippen LogP contribution in [0, 0.1) is 6.92 Å². The molecule has 0 saturated heterocycles. The Bertz CT molecular complexity index is 468. The van der Waals surface area contributed by atoms with E-state index in [4.69, 9.17) is 0 Å². The van der Waals surface area contributed by atoms with E-state index in [9.17, 15) is 0 Å². The van der Waals surface area contributed by atoms with E-state index in [0.717, 1.165) is 17.0 Å². The third kappa shape index (κ3) is 1.12. The van der Waals surface area contributed by atoms with Gasteiger partial charge in [0.05, 0.1) is 5.52 Å². The van der Waals surface area contributed by atoms with E-state index in [0.29, 0.717) is 5.92 Å². The number of fused-ring (bicyclic) bond motifs is 1. The van der Waals surface area contributed by atoms with Gasteiger partial charge in [-0.1, -0.05) is 6.42 Å². The Kier molecular flexibility index (Phi) is 1.60. The van der Waals surface area contributed by atoms with E-state index in [-0.39, 0.29) is 0 Å². The molecule has 14 heavy (non-hydrogen) atoms. The first-order valence-electron chi connectivity index (χ1n) is 5.15. The number of hydrogen-bond acceptors (Lipinski definition) is 2. The maximum absolute atomic E-state index is 4.51. The Morgan fingerprint density at radius 2 is 2.29 bits per heavy atom. The summed E-state index contributed by atoms with van der Waals surface area (Å²) in [6, 6.07) is 2.11. The van der Waals surface area contributed by atoms with Crippen molar-refractivity contribution in [3.8, 4) is 0 Å². The summed E-state index contributed by atoms with van der Waals surface area (Å²) in [5, 5.41) is 0. The second-order valence-electron chi connectivity index (χ2n) is 4.13. The lowest BCUT2D eigenvalue weighted by molar-refractivity contribution is 0.404. The van der Waals surface area contributed by atoms with Crippen LogP contribution in [0.15, 0.2) is 12.3 Å². The molecule has 0 aromatic carbocycles. The lowest BCUT2D eigenvalue weighted by atomic mass is 9.85. The lowest BCUT2D eigenvalue weighted by Gasteiger charge is -2.22. The minimum atomic E-state index is 0.657. The molecule has 1 N–H and O–H groups in total. The van der Waals surface area contributed by atoms with Gasteiger partial charge in [0.2, 0.25) is 0 Å². The summed E-state index contributed by atoms with van der Waals surface area (Å²) in [4.78, 5) is 12.2. The maximum atomic E-state index is 4.51. The van der Waals surface area contributed by atoms with Crippen LogP contribution in [0.5, 0.6) is 0 Å². The summed E-state index contributed by atoms with van der Waals surface area (Å²) in [7, 11) is 0. The molecular weight excluding hydrogens is 174 g/mol. The zero-order chi connectivity index (χ0) is 9.54. The molecule has 0 atom stereocenters. The van der Waals surface area contributed by atoms with Gasteiger partial charge in [-0.25, -0.2) is 9.97 Å². The number of rotatable bonds is 1. The van der Waals surface area contributed by atoms with Crippen LogP contribution in [0.4, 0.5) is 0 Å². The second-order valence-corrected chi connectivity index (χ2v) is 4.13. The van der Waals surface area contributed by atoms with Crippen LogP contribution in [0.25, 0.3) is 11.2 Å². The highest BCUT2D eigenvalue weighted by Crippen LogP contribution is 2.35. The van der Waals surface area contributed by atoms with Gasteiger partial charge < -0.3 is 4.98 Å². The number of aromatic amines is 1. The van der Waals surface area contributed by atoms with Gasteiger partial charge in [0.15, 0.2) is 5.65 Å². The van der Waals surface area contributed by atoms with Gasteiger partial charge in [-0.2, -0.15) is 0 Å². The second kappa shape index (κ2) is 2.80. The summed E-state index contributed by atoms with van der Waals surface area (Å²) in [6.07, 6.45) is 5.76. The maximum Gasteiger partial charge on any atom is 0.177 e. The standard InChI is InChI=1S/C11H13N3/c1-7-5-9-11(12-6-7)14-10(13-9)8-3-2-4-8/h5-6,8H,2-4H2,1H3,(H,12,13,14). The minimum absolute atomic E-state index is 0.657. The van der Waals surface area contributed by atoms with Crippen LogP contribution < -0.4 is 0 Å². The summed E-state index contributed by atoms with van der Waals surface area (Å²) < 4.78 is 0. The van der Waals surface area contributed by atoms with Gasteiger partial charge in [0.1, 0.15) is 5.82 Å². The van der Waals surface area contributed by atoms with E-state index in [2.05, 4.69) is 27.9 Å². The van der Waals surface area contributed by atoms with E-state index >= 15 is 0 Å². The number of nitrogens with one attached hydrogen (secondary N) is 1. The molecule has 3 rings (SSSR count). The van der Waals surface area contributed by atoms with Gasteiger partial charge >= 0.3 is 0 Å². The van der Waals surface area contributed by atoms with Crippen molar-refractivity contribution in [1.29, 1.82) is 0 Å². The number of aromatic nitrogens is 3. The van der Waals surface area contributed by atoms with Crippen LogP contribution in [-0.4, -0.2) is 15.0 Å². The Morgan fingerprint density at radius 1 is 1.43 bits per heavy atom. The molecule has 0 amide bonds. The third-order valence-corrected chi connectivity index (χ3v) is 2.98. The van der Waals surface area contributed by atoms with Gasteiger partial charge in [0.25, 0.3) is 0 Å². The number of H-pyrrole nitrogens is 1. The fourth-order valence-electron chi connectivity index (χ4n) is 1.90. The van der Waals surface area contributed by atoms with Crippen LogP contribution in [-0.2, 0) is 0 Å². The number of hydrogen-bond donors (Lipinski definition) is 1. The van der Waals surface area contributed by atoms with Crippen molar-refractivity contribution >= 4 is 11.2 Å². The molecule has 1 saturated carbocycles. The number of pyridine rings is 1. The summed E-state index contributed by atoms with van der Waals surface area (Å²) in [5.41, 5.74) is 3.12. The molecule has 0 spiro atoms. The Balaban J connectivity index is 2.10. The molecule has 1 aliphatic carbocycles. The average molecular weight is 187 g/mol. The highest BCUT2D eigenvalue weighted by atomic mass is 15.0. The molecule has 0 unspecified atom stereocenters. The van der Waals surface area contributed by atoms with Crippen LogP contribution >= 0.6 is 0 Å². The SMILES string of the molecule is Cc1cnc2nc(C3CCC3)[nH]c2c1. The monoisotopic (exact) mass is 187 g/mol. The predicted octanol–water partition coefficient (Wildman–Crippen LogP) is 2.53. The Hall–Kier alpha value is -1.38. The third-order valence-electron chi connectivity index (χ3n) is 2.98. The highest BCUT2D eigenvalue weighted by Gasteiger charge is 2.22. The summed E-state index contributed by atoms with van der Waals surface area (Å²) >= 11 is 0. The molecule has 2 heterocycles. The zero-order valence-electron chi connectivity index (χ0n) is 8.25. The van der Waals surface area contributed by atoms with Crippen molar-refractivity contribution in [3.63, 3.8) is 0 Å². The van der Waals surface area contributed by atoms with Crippen molar-refractivity contribution in [3.05, 3.63) is 23.7 Å². The molecule has 1 fully saturated rings. The van der Waals surface area contributed by atoms with Crippen molar-refractivity contribution in [2.75, 3.05) is 0 Å². The van der Waals surface area contributed by atoms with Crippen molar-refractivity contribution in [2.45, 2.75) is 32.1 Å². The quantitative estimate of drug-likeness (QED) is 0.745. The summed E-state index contributed by atoms with van der Waals surface area (Å²) in [6.45, 7) is 2.05. The van der Waals surface area contributed by atoms with E-state index in [1.165, 1.54) is 24.8 Å². The van der Waals surface area contributed by atoms with Gasteiger partial charge in [-0.3, -0.25) is 0 Å². The first-order chi connectivity index (χ1) is 6.83. The molecular formula is C11H13N3. The molecule has 2 aromatic rings. The van der Waals surface area contributed by atoms with Crippen LogP contribution in [0.1, 0.15) is 36.6 Å². The van der Waals surface area contributed by atoms with Crippen LogP contribution in [0.3, 0.4) is 0 Å². The van der Waals surface area contributed by atoms with Crippen molar-refractivity contribution in [1.82, 2.24) is 15.0 Å². The fourth-order valence-corrected chi connectivity index (χ4v) is 1.90. The number of nitrogens with zero attached hydrogens (tertiary/aromatic N) is 2. The van der Waals surface area contributed by atoms with E-state index in [1.54, 1.807) is 0 Å². The first-order valence-corrected chi connectivity index (χ1v) is 5.15. The number of aryl methyl sites for hydroxylation is 1. The molecule has 2 aromatic heterocycles. The fraction of sp³-hybridized carbons (Fsp3) is 0.455. The van der Waals surface area contributed by atoms with E-state index < -0.39 is 0 Å². The molecule has 72 valence electrons. The van der Waals surface area contributed by atoms with Gasteiger partial charge in [-0.05, 0) is 31.4 Å². The number of imidazole rings is 1. The molecule has 0 aliphatic heterocycles. The highest BCUT2D eigenvalue weighted by molar-refractivity contribution is 5.71. The Morgan fingerprint density at radius 3 is 3.00 bits per heavy atom. The molecule has 3 nitrogen and oxygen atoms in total. The summed E-state index contributed by atoms with van der Waals surface area (Å²) in [5.74, 6) is 1.79. The largest absolute Gasteiger partial charge is 0.340 e. The van der Waals surface area contributed by atoms with Crippen molar-refractivity contribution < 1.29 is 0 Å². The normalized spacial score (nSPS) is 17.2. The smallest absolute Gasteiger partial charge is 0.177 e. The molecule has 1 aliphatic rings. The van der Waals surface area contributed by atoms with Crippen molar-refractivity contribution in [2.24, 2.45) is 0 Å². The van der Waals surface area contributed by atoms with Gasteiger partial charge in [-0.15, -0.1) is 0 Å². The molecule has 3 heteroatoms. The predicted molar refractivity (Wildman–Crippen MR) is 55.2 cm³/mol.